The number of hydrogen-bond acceptors (Lipinski definition) is 3. The molecule has 2 aromatic heterocycles. The summed E-state index contributed by atoms with van der Waals surface area (Å²) < 4.78 is 2.15. The molecule has 2 aromatic rings. The van der Waals surface area contributed by atoms with Crippen LogP contribution in [0.4, 0.5) is 0 Å². The van der Waals surface area contributed by atoms with E-state index in [1.54, 1.807) is 0 Å². The van der Waals surface area contributed by atoms with E-state index in [0.717, 1.165) is 4.57 Å². The summed E-state index contributed by atoms with van der Waals surface area (Å²) in [6.45, 7) is 0. The fraction of sp³-hybridized carbons (Fsp3) is 0.222. The molecule has 2 heterocycles. The molecule has 0 saturated heterocycles. The molecule has 0 aliphatic rings. The summed E-state index contributed by atoms with van der Waals surface area (Å²) in [5.41, 5.74) is -1.18. The van der Waals surface area contributed by atoms with Crippen molar-refractivity contribution in [2.24, 2.45) is 14.1 Å². The minimum Gasteiger partial charge on any atom is -0.347 e. The zero-order valence-electron chi connectivity index (χ0n) is 8.27. The van der Waals surface area contributed by atoms with E-state index in [1.165, 1.54) is 30.9 Å². The maximum Gasteiger partial charge on any atom is 0.332 e. The van der Waals surface area contributed by atoms with E-state index in [9.17, 15) is 14.4 Å². The van der Waals surface area contributed by atoms with Crippen molar-refractivity contribution in [2.75, 3.05) is 0 Å². The summed E-state index contributed by atoms with van der Waals surface area (Å²) in [5.74, 6) is 0. The highest BCUT2D eigenvalue weighted by molar-refractivity contribution is 5.73. The predicted molar refractivity (Wildman–Crippen MR) is 55.1 cm³/mol. The van der Waals surface area contributed by atoms with Crippen molar-refractivity contribution in [2.45, 2.75) is 0 Å². The molecule has 0 bridgehead atoms. The highest BCUT2D eigenvalue weighted by Crippen LogP contribution is 1.95. The van der Waals surface area contributed by atoms with Gasteiger partial charge in [-0.15, -0.1) is 0 Å². The number of aromatic nitrogens is 3. The van der Waals surface area contributed by atoms with Crippen molar-refractivity contribution >= 4 is 11.0 Å². The quantitative estimate of drug-likeness (QED) is 0.597. The largest absolute Gasteiger partial charge is 0.347 e. The average Bonchev–Trinajstić information content (AvgIpc) is 2.23. The normalized spacial score (nSPS) is 10.8. The van der Waals surface area contributed by atoms with Gasteiger partial charge < -0.3 is 4.98 Å². The van der Waals surface area contributed by atoms with Gasteiger partial charge in [-0.1, -0.05) is 0 Å². The maximum absolute atomic E-state index is 11.7. The lowest BCUT2D eigenvalue weighted by Crippen LogP contribution is -2.39. The number of rotatable bonds is 0. The lowest BCUT2D eigenvalue weighted by Gasteiger charge is -2.05. The number of aromatic amines is 1. The summed E-state index contributed by atoms with van der Waals surface area (Å²) in [6.07, 6.45) is 1.41. The first kappa shape index (κ1) is 9.45. The number of nitrogens with one attached hydrogen (secondary N) is 1. The van der Waals surface area contributed by atoms with Crippen LogP contribution in [0.3, 0.4) is 0 Å². The minimum absolute atomic E-state index is 0.00194. The van der Waals surface area contributed by atoms with Gasteiger partial charge in [0.2, 0.25) is 0 Å². The molecule has 0 aromatic carbocycles. The third-order valence-corrected chi connectivity index (χ3v) is 2.37. The molecule has 0 aliphatic carbocycles. The van der Waals surface area contributed by atoms with Gasteiger partial charge in [0.05, 0.1) is 0 Å². The first-order valence-electron chi connectivity index (χ1n) is 4.31. The van der Waals surface area contributed by atoms with Crippen molar-refractivity contribution in [1.82, 2.24) is 14.1 Å². The zero-order valence-corrected chi connectivity index (χ0v) is 8.27. The number of pyridine rings is 1. The average molecular weight is 207 g/mol. The van der Waals surface area contributed by atoms with Crippen LogP contribution < -0.4 is 16.7 Å². The first-order chi connectivity index (χ1) is 7.04. The number of nitrogens with zero attached hydrogens (tertiary/aromatic N) is 2. The smallest absolute Gasteiger partial charge is 0.332 e. The molecule has 0 radical (unpaired) electrons. The molecule has 1 N–H and O–H groups in total. The lowest BCUT2D eigenvalue weighted by atomic mass is 10.3. The predicted octanol–water partition coefficient (Wildman–Crippen LogP) is -1.07. The Balaban J connectivity index is 3.31. The number of hydrogen-bond donors (Lipinski definition) is 1. The molecular weight excluding hydrogens is 198 g/mol. The lowest BCUT2D eigenvalue weighted by molar-refractivity contribution is 0.707. The molecule has 15 heavy (non-hydrogen) atoms. The topological polar surface area (TPSA) is 76.9 Å². The molecule has 0 unspecified atom stereocenters. The van der Waals surface area contributed by atoms with Crippen LogP contribution in [0.15, 0.2) is 26.6 Å². The highest BCUT2D eigenvalue weighted by Gasteiger charge is 2.10. The van der Waals surface area contributed by atoms with Crippen LogP contribution >= 0.6 is 0 Å². The Morgan fingerprint density at radius 2 is 1.80 bits per heavy atom. The summed E-state index contributed by atoms with van der Waals surface area (Å²) in [4.78, 5) is 37.4. The summed E-state index contributed by atoms with van der Waals surface area (Å²) in [7, 11) is 2.84. The maximum atomic E-state index is 11.7. The van der Waals surface area contributed by atoms with E-state index in [0.29, 0.717) is 0 Å². The van der Waals surface area contributed by atoms with Crippen molar-refractivity contribution in [3.8, 4) is 0 Å². The van der Waals surface area contributed by atoms with Crippen LogP contribution in [0.25, 0.3) is 11.0 Å². The van der Waals surface area contributed by atoms with Crippen molar-refractivity contribution in [1.29, 1.82) is 0 Å². The Kier molecular flexibility index (Phi) is 1.85. The van der Waals surface area contributed by atoms with Gasteiger partial charge >= 0.3 is 5.69 Å². The third-order valence-electron chi connectivity index (χ3n) is 2.37. The Hall–Kier alpha value is -2.11. The standard InChI is InChI=1S/C9H9N3O3/c1-11-7-6(5(13)3-4-10-7)8(14)12(2)9(11)15/h3-4H,1-2H3,(H,10,13). The second-order valence-electron chi connectivity index (χ2n) is 3.27. The third kappa shape index (κ3) is 1.14. The van der Waals surface area contributed by atoms with Gasteiger partial charge in [-0.2, -0.15) is 0 Å². The highest BCUT2D eigenvalue weighted by atomic mass is 16.2. The van der Waals surface area contributed by atoms with Gasteiger partial charge in [-0.05, 0) is 0 Å². The summed E-state index contributed by atoms with van der Waals surface area (Å²) in [6, 6.07) is 1.26. The van der Waals surface area contributed by atoms with E-state index in [1.807, 2.05) is 0 Å². The summed E-state index contributed by atoms with van der Waals surface area (Å²) in [5, 5.41) is 0.00194. The van der Waals surface area contributed by atoms with Gasteiger partial charge in [-0.25, -0.2) is 4.79 Å². The Bertz CT molecular complexity index is 705. The van der Waals surface area contributed by atoms with Crippen molar-refractivity contribution < 1.29 is 0 Å². The number of H-pyrrole nitrogens is 1. The SMILES string of the molecule is Cn1c(=O)c2c(=O)cc[nH]c2n(C)c1=O. The molecule has 0 amide bonds. The number of aryl methyl sites for hydroxylation is 1. The van der Waals surface area contributed by atoms with Crippen LogP contribution in [0, 0.1) is 0 Å². The van der Waals surface area contributed by atoms with Gasteiger partial charge in [0, 0.05) is 26.4 Å². The van der Waals surface area contributed by atoms with Gasteiger partial charge in [0.25, 0.3) is 5.56 Å². The molecule has 6 nitrogen and oxygen atoms in total. The zero-order chi connectivity index (χ0) is 11.2. The van der Waals surface area contributed by atoms with E-state index >= 15 is 0 Å². The van der Waals surface area contributed by atoms with Crippen molar-refractivity contribution in [3.05, 3.63) is 43.3 Å². The molecule has 0 atom stereocenters. The van der Waals surface area contributed by atoms with Crippen LogP contribution in [-0.2, 0) is 14.1 Å². The van der Waals surface area contributed by atoms with Crippen LogP contribution in [0.1, 0.15) is 0 Å². The van der Waals surface area contributed by atoms with Gasteiger partial charge in [0.1, 0.15) is 11.0 Å². The summed E-state index contributed by atoms with van der Waals surface area (Å²) >= 11 is 0. The van der Waals surface area contributed by atoms with Crippen LogP contribution in [-0.4, -0.2) is 14.1 Å². The minimum atomic E-state index is -0.574. The molecule has 6 heteroatoms. The van der Waals surface area contributed by atoms with E-state index in [4.69, 9.17) is 0 Å². The first-order valence-corrected chi connectivity index (χ1v) is 4.31. The molecule has 0 spiro atoms. The van der Waals surface area contributed by atoms with E-state index < -0.39 is 11.2 Å². The van der Waals surface area contributed by atoms with Crippen LogP contribution in [0.5, 0.6) is 0 Å². The molecule has 0 aliphatic heterocycles. The second-order valence-corrected chi connectivity index (χ2v) is 3.27. The van der Waals surface area contributed by atoms with E-state index in [-0.39, 0.29) is 16.5 Å². The molecule has 0 saturated carbocycles. The van der Waals surface area contributed by atoms with E-state index in [2.05, 4.69) is 4.98 Å². The van der Waals surface area contributed by atoms with Crippen LogP contribution in [0.2, 0.25) is 0 Å². The van der Waals surface area contributed by atoms with Crippen molar-refractivity contribution in [3.63, 3.8) is 0 Å². The Morgan fingerprint density at radius 3 is 2.47 bits per heavy atom. The Morgan fingerprint density at radius 1 is 1.13 bits per heavy atom. The van der Waals surface area contributed by atoms with Gasteiger partial charge in [-0.3, -0.25) is 18.7 Å². The van der Waals surface area contributed by atoms with Gasteiger partial charge in [0.15, 0.2) is 5.43 Å². The Labute approximate surface area is 83.4 Å². The molecule has 2 rings (SSSR count). The second kappa shape index (κ2) is 2.94. The number of fused-ring (bicyclic) bond motifs is 1. The molecular formula is C9H9N3O3. The molecule has 0 fully saturated rings. The fourth-order valence-electron chi connectivity index (χ4n) is 1.51. The monoisotopic (exact) mass is 207 g/mol. The molecule has 78 valence electrons. The fourth-order valence-corrected chi connectivity index (χ4v) is 1.51.